The van der Waals surface area contributed by atoms with Gasteiger partial charge in [-0.25, -0.2) is 0 Å². The predicted molar refractivity (Wildman–Crippen MR) is 69.1 cm³/mol. The fourth-order valence-corrected chi connectivity index (χ4v) is 1.95. The molecule has 2 heteroatoms. The lowest BCUT2D eigenvalue weighted by Gasteiger charge is -2.11. The first-order valence-corrected chi connectivity index (χ1v) is 5.60. The lowest BCUT2D eigenvalue weighted by atomic mass is 9.96. The third-order valence-corrected chi connectivity index (χ3v) is 2.97. The molecular formula is C15H16O2. The molecule has 0 atom stereocenters. The van der Waals surface area contributed by atoms with Crippen LogP contribution in [0.4, 0.5) is 0 Å². The quantitative estimate of drug-likeness (QED) is 0.874. The van der Waals surface area contributed by atoms with Crippen LogP contribution in [-0.2, 0) is 6.61 Å². The van der Waals surface area contributed by atoms with Crippen molar-refractivity contribution >= 4 is 0 Å². The molecule has 0 aliphatic rings. The molecule has 0 unspecified atom stereocenters. The molecule has 0 aromatic heterocycles. The Morgan fingerprint density at radius 2 is 1.76 bits per heavy atom. The third kappa shape index (κ3) is 2.32. The van der Waals surface area contributed by atoms with Crippen LogP contribution < -0.4 is 4.74 Å². The first kappa shape index (κ1) is 11.7. The van der Waals surface area contributed by atoms with Crippen LogP contribution in [0.15, 0.2) is 42.5 Å². The largest absolute Gasteiger partial charge is 0.497 e. The third-order valence-electron chi connectivity index (χ3n) is 2.97. The lowest BCUT2D eigenvalue weighted by molar-refractivity contribution is 0.281. The molecule has 0 radical (unpaired) electrons. The normalized spacial score (nSPS) is 10.3. The summed E-state index contributed by atoms with van der Waals surface area (Å²) in [6.07, 6.45) is 0. The zero-order valence-corrected chi connectivity index (χ0v) is 10.1. The van der Waals surface area contributed by atoms with Gasteiger partial charge in [0.15, 0.2) is 0 Å². The minimum Gasteiger partial charge on any atom is -0.497 e. The van der Waals surface area contributed by atoms with E-state index in [-0.39, 0.29) is 6.61 Å². The van der Waals surface area contributed by atoms with Crippen molar-refractivity contribution in [3.05, 3.63) is 53.6 Å². The second-order valence-corrected chi connectivity index (χ2v) is 3.99. The minimum absolute atomic E-state index is 0.0635. The molecule has 88 valence electrons. The van der Waals surface area contributed by atoms with Gasteiger partial charge in [-0.15, -0.1) is 0 Å². The minimum atomic E-state index is 0.0635. The summed E-state index contributed by atoms with van der Waals surface area (Å²) < 4.78 is 5.14. The van der Waals surface area contributed by atoms with Gasteiger partial charge in [0, 0.05) is 0 Å². The molecule has 17 heavy (non-hydrogen) atoms. The van der Waals surface area contributed by atoms with Crippen LogP contribution in [0.2, 0.25) is 0 Å². The van der Waals surface area contributed by atoms with Crippen LogP contribution in [-0.4, -0.2) is 12.2 Å². The van der Waals surface area contributed by atoms with Crippen LogP contribution >= 0.6 is 0 Å². The number of benzene rings is 2. The van der Waals surface area contributed by atoms with E-state index in [0.717, 1.165) is 28.0 Å². The average molecular weight is 228 g/mol. The van der Waals surface area contributed by atoms with E-state index in [2.05, 4.69) is 0 Å². The fourth-order valence-electron chi connectivity index (χ4n) is 1.95. The van der Waals surface area contributed by atoms with E-state index in [4.69, 9.17) is 4.74 Å². The Morgan fingerprint density at radius 1 is 1.06 bits per heavy atom. The van der Waals surface area contributed by atoms with Gasteiger partial charge in [0.1, 0.15) is 5.75 Å². The lowest BCUT2D eigenvalue weighted by Crippen LogP contribution is -1.93. The fraction of sp³-hybridized carbons (Fsp3) is 0.200. The summed E-state index contributed by atoms with van der Waals surface area (Å²) in [5.74, 6) is 0.840. The molecule has 2 aromatic rings. The highest BCUT2D eigenvalue weighted by Gasteiger charge is 2.06. The van der Waals surface area contributed by atoms with Crippen LogP contribution in [0.25, 0.3) is 11.1 Å². The summed E-state index contributed by atoms with van der Waals surface area (Å²) in [5, 5.41) is 9.44. The maximum absolute atomic E-state index is 9.44. The van der Waals surface area contributed by atoms with Crippen molar-refractivity contribution < 1.29 is 9.84 Å². The molecule has 0 spiro atoms. The highest BCUT2D eigenvalue weighted by atomic mass is 16.5. The van der Waals surface area contributed by atoms with Crippen molar-refractivity contribution in [1.29, 1.82) is 0 Å². The Labute approximate surface area is 101 Å². The molecule has 0 amide bonds. The number of hydrogen-bond acceptors (Lipinski definition) is 2. The van der Waals surface area contributed by atoms with E-state index in [9.17, 15) is 5.11 Å². The Balaban J connectivity index is 2.48. The standard InChI is InChI=1S/C15H16O2/c1-11-4-3-5-14(15(11)10-16)12-6-8-13(17-2)9-7-12/h3-9,16H,10H2,1-2H3. The van der Waals surface area contributed by atoms with E-state index in [0.29, 0.717) is 0 Å². The van der Waals surface area contributed by atoms with Crippen LogP contribution in [0, 0.1) is 6.92 Å². The van der Waals surface area contributed by atoms with Crippen molar-refractivity contribution in [2.45, 2.75) is 13.5 Å². The first-order chi connectivity index (χ1) is 8.26. The molecule has 0 heterocycles. The zero-order valence-electron chi connectivity index (χ0n) is 10.1. The van der Waals surface area contributed by atoms with Crippen molar-refractivity contribution in [1.82, 2.24) is 0 Å². The highest BCUT2D eigenvalue weighted by Crippen LogP contribution is 2.27. The number of aryl methyl sites for hydroxylation is 1. The van der Waals surface area contributed by atoms with Gasteiger partial charge in [-0.05, 0) is 41.3 Å². The first-order valence-electron chi connectivity index (χ1n) is 5.60. The Kier molecular flexibility index (Phi) is 3.45. The van der Waals surface area contributed by atoms with Gasteiger partial charge in [0.05, 0.1) is 13.7 Å². The molecular weight excluding hydrogens is 212 g/mol. The maximum atomic E-state index is 9.44. The van der Waals surface area contributed by atoms with Gasteiger partial charge in [-0.2, -0.15) is 0 Å². The number of methoxy groups -OCH3 is 1. The number of hydrogen-bond donors (Lipinski definition) is 1. The number of aliphatic hydroxyl groups excluding tert-OH is 1. The summed E-state index contributed by atoms with van der Waals surface area (Å²) in [7, 11) is 1.65. The molecule has 2 rings (SSSR count). The van der Waals surface area contributed by atoms with Gasteiger partial charge in [0.25, 0.3) is 0 Å². The van der Waals surface area contributed by atoms with Gasteiger partial charge in [0.2, 0.25) is 0 Å². The summed E-state index contributed by atoms with van der Waals surface area (Å²) in [6, 6.07) is 13.9. The average Bonchev–Trinajstić information content (AvgIpc) is 2.38. The molecule has 1 N–H and O–H groups in total. The molecule has 0 saturated carbocycles. The second-order valence-electron chi connectivity index (χ2n) is 3.99. The smallest absolute Gasteiger partial charge is 0.118 e. The van der Waals surface area contributed by atoms with Crippen LogP contribution in [0.1, 0.15) is 11.1 Å². The number of rotatable bonds is 3. The van der Waals surface area contributed by atoms with Crippen molar-refractivity contribution in [2.24, 2.45) is 0 Å². The monoisotopic (exact) mass is 228 g/mol. The summed E-state index contributed by atoms with van der Waals surface area (Å²) >= 11 is 0. The van der Waals surface area contributed by atoms with Gasteiger partial charge < -0.3 is 9.84 Å². The van der Waals surface area contributed by atoms with Crippen molar-refractivity contribution in [3.63, 3.8) is 0 Å². The molecule has 0 bridgehead atoms. The van der Waals surface area contributed by atoms with E-state index in [1.165, 1.54) is 0 Å². The zero-order chi connectivity index (χ0) is 12.3. The van der Waals surface area contributed by atoms with E-state index >= 15 is 0 Å². The second kappa shape index (κ2) is 5.02. The maximum Gasteiger partial charge on any atom is 0.118 e. The summed E-state index contributed by atoms with van der Waals surface area (Å²) in [4.78, 5) is 0. The molecule has 0 fully saturated rings. The topological polar surface area (TPSA) is 29.5 Å². The van der Waals surface area contributed by atoms with Crippen molar-refractivity contribution in [3.8, 4) is 16.9 Å². The molecule has 2 aromatic carbocycles. The Morgan fingerprint density at radius 3 is 2.35 bits per heavy atom. The molecule has 2 nitrogen and oxygen atoms in total. The molecule has 0 aliphatic heterocycles. The summed E-state index contributed by atoms with van der Waals surface area (Å²) in [5.41, 5.74) is 4.27. The predicted octanol–water partition coefficient (Wildman–Crippen LogP) is 3.16. The van der Waals surface area contributed by atoms with E-state index < -0.39 is 0 Å². The Bertz CT molecular complexity index is 501. The van der Waals surface area contributed by atoms with E-state index in [1.807, 2.05) is 49.4 Å². The SMILES string of the molecule is COc1ccc(-c2cccc(C)c2CO)cc1. The van der Waals surface area contributed by atoms with Crippen molar-refractivity contribution in [2.75, 3.05) is 7.11 Å². The van der Waals surface area contributed by atoms with E-state index in [1.54, 1.807) is 7.11 Å². The Hall–Kier alpha value is -1.80. The van der Waals surface area contributed by atoms with Crippen LogP contribution in [0.5, 0.6) is 5.75 Å². The number of ether oxygens (including phenoxy) is 1. The molecule has 0 aliphatic carbocycles. The van der Waals surface area contributed by atoms with Gasteiger partial charge >= 0.3 is 0 Å². The molecule has 0 saturated heterocycles. The van der Waals surface area contributed by atoms with Crippen LogP contribution in [0.3, 0.4) is 0 Å². The van der Waals surface area contributed by atoms with Gasteiger partial charge in [-0.1, -0.05) is 30.3 Å². The van der Waals surface area contributed by atoms with Gasteiger partial charge in [-0.3, -0.25) is 0 Å². The number of aliphatic hydroxyl groups is 1. The highest BCUT2D eigenvalue weighted by molar-refractivity contribution is 5.69. The summed E-state index contributed by atoms with van der Waals surface area (Å²) in [6.45, 7) is 2.08.